The number of nitrogens with two attached hydrogens (primary N) is 1. The molecule has 19 heavy (non-hydrogen) atoms. The van der Waals surface area contributed by atoms with Crippen molar-refractivity contribution < 1.29 is 13.2 Å². The van der Waals surface area contributed by atoms with Crippen LogP contribution in [0.3, 0.4) is 0 Å². The molecule has 1 aromatic heterocycles. The number of benzene rings is 1. The minimum atomic E-state index is -4.32. The topological polar surface area (TPSA) is 43.8 Å². The van der Waals surface area contributed by atoms with Gasteiger partial charge in [0, 0.05) is 18.3 Å². The molecule has 0 amide bonds. The second kappa shape index (κ2) is 6.08. The van der Waals surface area contributed by atoms with Crippen LogP contribution in [0.2, 0.25) is 0 Å². The van der Waals surface area contributed by atoms with Gasteiger partial charge in [-0.2, -0.15) is 18.3 Å². The number of nitrogens with zero attached hydrogens (tertiary/aromatic N) is 2. The van der Waals surface area contributed by atoms with Crippen molar-refractivity contribution in [2.45, 2.75) is 19.3 Å². The molecular formula is C12H13ClF3N3. The zero-order valence-corrected chi connectivity index (χ0v) is 10.7. The largest absolute Gasteiger partial charge is 0.416 e. The molecule has 0 bridgehead atoms. The first-order valence-corrected chi connectivity index (χ1v) is 5.36. The summed E-state index contributed by atoms with van der Waals surface area (Å²) in [4.78, 5) is 0. The van der Waals surface area contributed by atoms with Crippen LogP contribution in [-0.2, 0) is 19.3 Å². The Labute approximate surface area is 114 Å². The minimum absolute atomic E-state index is 0. The third kappa shape index (κ3) is 3.97. The second-order valence-electron chi connectivity index (χ2n) is 3.95. The summed E-state index contributed by atoms with van der Waals surface area (Å²) >= 11 is 0. The summed E-state index contributed by atoms with van der Waals surface area (Å²) in [6.07, 6.45) is -0.990. The fourth-order valence-electron chi connectivity index (χ4n) is 1.63. The summed E-state index contributed by atoms with van der Waals surface area (Å²) in [6.45, 7) is 0.659. The van der Waals surface area contributed by atoms with Gasteiger partial charge in [-0.1, -0.05) is 12.1 Å². The maximum atomic E-state index is 12.5. The van der Waals surface area contributed by atoms with Gasteiger partial charge in [0.05, 0.1) is 18.3 Å². The molecule has 1 heterocycles. The van der Waals surface area contributed by atoms with Gasteiger partial charge in [-0.15, -0.1) is 12.4 Å². The molecule has 7 heteroatoms. The van der Waals surface area contributed by atoms with Gasteiger partial charge in [-0.3, -0.25) is 4.68 Å². The first-order chi connectivity index (χ1) is 8.49. The number of rotatable bonds is 3. The molecule has 2 aromatic rings. The molecule has 104 valence electrons. The lowest BCUT2D eigenvalue weighted by molar-refractivity contribution is -0.137. The summed E-state index contributed by atoms with van der Waals surface area (Å²) < 4.78 is 39.1. The van der Waals surface area contributed by atoms with Crippen LogP contribution in [0, 0.1) is 0 Å². The Morgan fingerprint density at radius 3 is 2.53 bits per heavy atom. The van der Waals surface area contributed by atoms with Gasteiger partial charge in [0.15, 0.2) is 0 Å². The lowest BCUT2D eigenvalue weighted by atomic mass is 10.1. The molecule has 2 rings (SSSR count). The van der Waals surface area contributed by atoms with Crippen LogP contribution in [0.5, 0.6) is 0 Å². The molecule has 0 saturated carbocycles. The van der Waals surface area contributed by atoms with Crippen molar-refractivity contribution in [1.29, 1.82) is 0 Å². The number of aromatic nitrogens is 2. The molecule has 0 unspecified atom stereocenters. The van der Waals surface area contributed by atoms with E-state index in [1.54, 1.807) is 23.1 Å². The molecule has 0 saturated heterocycles. The summed E-state index contributed by atoms with van der Waals surface area (Å²) in [5.74, 6) is 0. The Morgan fingerprint density at radius 1 is 1.21 bits per heavy atom. The SMILES string of the molecule is Cl.NCc1cnn(Cc2cccc(C(F)(F)F)c2)c1. The molecule has 0 aliphatic carbocycles. The van der Waals surface area contributed by atoms with Crippen LogP contribution in [-0.4, -0.2) is 9.78 Å². The van der Waals surface area contributed by atoms with Crippen LogP contribution < -0.4 is 5.73 Å². The van der Waals surface area contributed by atoms with Crippen molar-refractivity contribution in [3.8, 4) is 0 Å². The Morgan fingerprint density at radius 2 is 1.95 bits per heavy atom. The first-order valence-electron chi connectivity index (χ1n) is 5.36. The van der Waals surface area contributed by atoms with Crippen LogP contribution >= 0.6 is 12.4 Å². The molecule has 0 aliphatic rings. The van der Waals surface area contributed by atoms with E-state index in [0.29, 0.717) is 18.7 Å². The van der Waals surface area contributed by atoms with E-state index < -0.39 is 11.7 Å². The predicted octanol–water partition coefficient (Wildman–Crippen LogP) is 2.83. The molecule has 3 nitrogen and oxygen atoms in total. The van der Waals surface area contributed by atoms with Gasteiger partial charge in [0.2, 0.25) is 0 Å². The van der Waals surface area contributed by atoms with Gasteiger partial charge in [0.1, 0.15) is 0 Å². The summed E-state index contributed by atoms with van der Waals surface area (Å²) in [5.41, 5.74) is 6.19. The average Bonchev–Trinajstić information content (AvgIpc) is 2.76. The van der Waals surface area contributed by atoms with Gasteiger partial charge in [-0.25, -0.2) is 0 Å². The van der Waals surface area contributed by atoms with Gasteiger partial charge >= 0.3 is 6.18 Å². The minimum Gasteiger partial charge on any atom is -0.326 e. The van der Waals surface area contributed by atoms with Crippen molar-refractivity contribution in [3.63, 3.8) is 0 Å². The number of alkyl halides is 3. The highest BCUT2D eigenvalue weighted by molar-refractivity contribution is 5.85. The lowest BCUT2D eigenvalue weighted by Crippen LogP contribution is -2.07. The van der Waals surface area contributed by atoms with E-state index >= 15 is 0 Å². The van der Waals surface area contributed by atoms with Gasteiger partial charge in [-0.05, 0) is 17.7 Å². The molecule has 2 N–H and O–H groups in total. The molecular weight excluding hydrogens is 279 g/mol. The first kappa shape index (κ1) is 15.5. The zero-order chi connectivity index (χ0) is 13.2. The fourth-order valence-corrected chi connectivity index (χ4v) is 1.63. The maximum Gasteiger partial charge on any atom is 0.416 e. The van der Waals surface area contributed by atoms with Crippen LogP contribution in [0.1, 0.15) is 16.7 Å². The number of hydrogen-bond acceptors (Lipinski definition) is 2. The Kier molecular flexibility index (Phi) is 4.97. The van der Waals surface area contributed by atoms with E-state index in [0.717, 1.165) is 17.7 Å². The van der Waals surface area contributed by atoms with E-state index in [1.807, 2.05) is 0 Å². The van der Waals surface area contributed by atoms with E-state index in [1.165, 1.54) is 6.07 Å². The third-order valence-electron chi connectivity index (χ3n) is 2.52. The molecule has 1 aromatic carbocycles. The normalized spacial score (nSPS) is 11.2. The fraction of sp³-hybridized carbons (Fsp3) is 0.250. The van der Waals surface area contributed by atoms with E-state index in [4.69, 9.17) is 5.73 Å². The highest BCUT2D eigenvalue weighted by Gasteiger charge is 2.30. The van der Waals surface area contributed by atoms with Crippen molar-refractivity contribution >= 4 is 12.4 Å². The molecule has 0 atom stereocenters. The smallest absolute Gasteiger partial charge is 0.326 e. The number of hydrogen-bond donors (Lipinski definition) is 1. The molecule has 0 spiro atoms. The van der Waals surface area contributed by atoms with Crippen molar-refractivity contribution in [2.75, 3.05) is 0 Å². The maximum absolute atomic E-state index is 12.5. The molecule has 0 radical (unpaired) electrons. The molecule has 0 fully saturated rings. The summed E-state index contributed by atoms with van der Waals surface area (Å²) in [5, 5.41) is 4.03. The van der Waals surface area contributed by atoms with Crippen molar-refractivity contribution in [1.82, 2.24) is 9.78 Å². The van der Waals surface area contributed by atoms with Crippen molar-refractivity contribution in [2.24, 2.45) is 5.73 Å². The summed E-state index contributed by atoms with van der Waals surface area (Å²) in [7, 11) is 0. The van der Waals surface area contributed by atoms with Crippen molar-refractivity contribution in [3.05, 3.63) is 53.3 Å². The number of halogens is 4. The van der Waals surface area contributed by atoms with E-state index in [-0.39, 0.29) is 12.4 Å². The van der Waals surface area contributed by atoms with E-state index in [9.17, 15) is 13.2 Å². The van der Waals surface area contributed by atoms with Gasteiger partial charge < -0.3 is 5.73 Å². The van der Waals surface area contributed by atoms with Crippen LogP contribution in [0.25, 0.3) is 0 Å². The predicted molar refractivity (Wildman–Crippen MR) is 67.9 cm³/mol. The second-order valence-corrected chi connectivity index (χ2v) is 3.95. The zero-order valence-electron chi connectivity index (χ0n) is 9.89. The highest BCUT2D eigenvalue weighted by atomic mass is 35.5. The third-order valence-corrected chi connectivity index (χ3v) is 2.52. The standard InChI is InChI=1S/C12H12F3N3.ClH/c13-12(14,15)11-3-1-2-9(4-11)7-18-8-10(5-16)6-17-18;/h1-4,6,8H,5,7,16H2;1H. The van der Waals surface area contributed by atoms with Gasteiger partial charge in [0.25, 0.3) is 0 Å². The Hall–Kier alpha value is -1.53. The monoisotopic (exact) mass is 291 g/mol. The average molecular weight is 292 g/mol. The lowest BCUT2D eigenvalue weighted by Gasteiger charge is -2.08. The Balaban J connectivity index is 0.00000180. The summed E-state index contributed by atoms with van der Waals surface area (Å²) in [6, 6.07) is 5.21. The molecule has 0 aliphatic heterocycles. The van der Waals surface area contributed by atoms with E-state index in [2.05, 4.69) is 5.10 Å². The van der Waals surface area contributed by atoms with Crippen LogP contribution in [0.4, 0.5) is 13.2 Å². The van der Waals surface area contributed by atoms with Crippen LogP contribution in [0.15, 0.2) is 36.7 Å². The Bertz CT molecular complexity index is 537. The highest BCUT2D eigenvalue weighted by Crippen LogP contribution is 2.29. The quantitative estimate of drug-likeness (QED) is 0.945.